The lowest BCUT2D eigenvalue weighted by molar-refractivity contribution is 0.727. The Morgan fingerprint density at radius 3 is 2.71 bits per heavy atom. The first-order valence-corrected chi connectivity index (χ1v) is 6.61. The van der Waals surface area contributed by atoms with Crippen LogP contribution in [0, 0.1) is 6.92 Å². The summed E-state index contributed by atoms with van der Waals surface area (Å²) in [5, 5.41) is 5.03. The zero-order chi connectivity index (χ0) is 12.4. The maximum absolute atomic E-state index is 6.19. The van der Waals surface area contributed by atoms with Crippen molar-refractivity contribution in [2.24, 2.45) is 7.05 Å². The molecule has 1 aromatic carbocycles. The van der Waals surface area contributed by atoms with Crippen molar-refractivity contribution >= 4 is 29.1 Å². The van der Waals surface area contributed by atoms with Gasteiger partial charge in [0.15, 0.2) is 0 Å². The van der Waals surface area contributed by atoms with Crippen LogP contribution in [0.25, 0.3) is 0 Å². The quantitative estimate of drug-likeness (QED) is 0.686. The first kappa shape index (κ1) is 12.3. The lowest BCUT2D eigenvalue weighted by Gasteiger charge is -2.05. The van der Waals surface area contributed by atoms with Crippen LogP contribution in [-0.2, 0) is 12.8 Å². The molecule has 5 heteroatoms. The van der Waals surface area contributed by atoms with Gasteiger partial charge in [-0.05, 0) is 19.1 Å². The molecule has 0 aliphatic carbocycles. The van der Waals surface area contributed by atoms with Gasteiger partial charge in [0.2, 0.25) is 0 Å². The Hall–Kier alpha value is -1.13. The fraction of sp³-hybridized carbons (Fsp3) is 0.250. The van der Waals surface area contributed by atoms with Crippen molar-refractivity contribution in [2.75, 3.05) is 5.73 Å². The number of rotatable bonds is 3. The molecule has 90 valence electrons. The monoisotopic (exact) mass is 267 g/mol. The van der Waals surface area contributed by atoms with Crippen LogP contribution in [0.5, 0.6) is 0 Å². The van der Waals surface area contributed by atoms with Crippen LogP contribution in [0.2, 0.25) is 5.02 Å². The van der Waals surface area contributed by atoms with E-state index in [0.717, 1.165) is 32.7 Å². The van der Waals surface area contributed by atoms with Gasteiger partial charge in [0.25, 0.3) is 0 Å². The molecule has 17 heavy (non-hydrogen) atoms. The molecule has 1 aromatic heterocycles. The lowest BCUT2D eigenvalue weighted by Crippen LogP contribution is -1.97. The number of aryl methyl sites for hydroxylation is 2. The summed E-state index contributed by atoms with van der Waals surface area (Å²) in [6.45, 7) is 1.91. The first-order chi connectivity index (χ1) is 8.09. The molecular weight excluding hydrogens is 254 g/mol. The number of thioether (sulfide) groups is 1. The molecule has 0 bridgehead atoms. The van der Waals surface area contributed by atoms with Crippen molar-refractivity contribution in [3.05, 3.63) is 40.7 Å². The second kappa shape index (κ2) is 5.02. The molecule has 0 spiro atoms. The average Bonchev–Trinajstić information content (AvgIpc) is 2.53. The summed E-state index contributed by atoms with van der Waals surface area (Å²) >= 11 is 7.86. The summed E-state index contributed by atoms with van der Waals surface area (Å²) in [7, 11) is 1.91. The molecule has 2 N–H and O–H groups in total. The summed E-state index contributed by atoms with van der Waals surface area (Å²) in [5.74, 6) is 0.768. The summed E-state index contributed by atoms with van der Waals surface area (Å²) < 4.78 is 1.82. The van der Waals surface area contributed by atoms with E-state index in [0.29, 0.717) is 0 Å². The summed E-state index contributed by atoms with van der Waals surface area (Å²) in [5.41, 5.74) is 8.58. The van der Waals surface area contributed by atoms with E-state index in [2.05, 4.69) is 5.10 Å². The van der Waals surface area contributed by atoms with E-state index in [9.17, 15) is 0 Å². The summed E-state index contributed by atoms with van der Waals surface area (Å²) in [6.07, 6.45) is 0. The maximum atomic E-state index is 6.19. The third-order valence-corrected chi connectivity index (χ3v) is 4.14. The molecule has 1 heterocycles. The van der Waals surface area contributed by atoms with E-state index in [4.69, 9.17) is 17.3 Å². The number of aromatic nitrogens is 2. The minimum atomic E-state index is 0.745. The molecular formula is C12H14ClN3S. The lowest BCUT2D eigenvalue weighted by atomic mass is 10.3. The van der Waals surface area contributed by atoms with Crippen molar-refractivity contribution in [1.29, 1.82) is 0 Å². The molecule has 0 aliphatic rings. The maximum Gasteiger partial charge on any atom is 0.0855 e. The second-order valence-corrected chi connectivity index (χ2v) is 5.19. The number of anilines is 1. The number of nitrogens with zero attached hydrogens (tertiary/aromatic N) is 2. The number of benzene rings is 1. The zero-order valence-electron chi connectivity index (χ0n) is 9.77. The Kier molecular flexibility index (Phi) is 3.64. The smallest absolute Gasteiger partial charge is 0.0855 e. The Morgan fingerprint density at radius 1 is 1.41 bits per heavy atom. The molecule has 0 fully saturated rings. The molecule has 0 atom stereocenters. The third kappa shape index (κ3) is 2.58. The molecule has 2 aromatic rings. The molecule has 0 amide bonds. The number of hydrogen-bond donors (Lipinski definition) is 1. The largest absolute Gasteiger partial charge is 0.398 e. The number of nitrogens with two attached hydrogens (primary N) is 1. The van der Waals surface area contributed by atoms with E-state index in [1.54, 1.807) is 11.8 Å². The predicted octanol–water partition coefficient (Wildman–Crippen LogP) is 3.26. The minimum Gasteiger partial charge on any atom is -0.398 e. The fourth-order valence-corrected chi connectivity index (χ4v) is 2.93. The highest BCUT2D eigenvalue weighted by atomic mass is 35.5. The Bertz CT molecular complexity index is 537. The Morgan fingerprint density at radius 2 is 2.12 bits per heavy atom. The predicted molar refractivity (Wildman–Crippen MR) is 73.4 cm³/mol. The molecule has 0 aliphatic heterocycles. The first-order valence-electron chi connectivity index (χ1n) is 5.25. The third-order valence-electron chi connectivity index (χ3n) is 2.55. The molecule has 2 rings (SSSR count). The molecule has 0 radical (unpaired) electrons. The van der Waals surface area contributed by atoms with E-state index < -0.39 is 0 Å². The normalized spacial score (nSPS) is 10.8. The van der Waals surface area contributed by atoms with Crippen LogP contribution in [0.1, 0.15) is 11.4 Å². The number of hydrogen-bond acceptors (Lipinski definition) is 3. The van der Waals surface area contributed by atoms with Gasteiger partial charge < -0.3 is 5.73 Å². The van der Waals surface area contributed by atoms with Crippen molar-refractivity contribution in [1.82, 2.24) is 9.78 Å². The number of nitrogen functional groups attached to an aromatic ring is 1. The van der Waals surface area contributed by atoms with Gasteiger partial charge in [-0.15, -0.1) is 11.8 Å². The van der Waals surface area contributed by atoms with E-state index in [1.807, 2.05) is 42.9 Å². The zero-order valence-corrected chi connectivity index (χ0v) is 11.3. The summed E-state index contributed by atoms with van der Waals surface area (Å²) in [6, 6.07) is 7.82. The van der Waals surface area contributed by atoms with Crippen LogP contribution in [0.3, 0.4) is 0 Å². The van der Waals surface area contributed by atoms with Crippen LogP contribution >= 0.6 is 23.4 Å². The topological polar surface area (TPSA) is 43.8 Å². The highest BCUT2D eigenvalue weighted by Crippen LogP contribution is 2.30. The highest BCUT2D eigenvalue weighted by molar-refractivity contribution is 7.98. The van der Waals surface area contributed by atoms with Crippen molar-refractivity contribution < 1.29 is 0 Å². The number of para-hydroxylation sites is 1. The van der Waals surface area contributed by atoms with Gasteiger partial charge in [-0.3, -0.25) is 4.68 Å². The van der Waals surface area contributed by atoms with Crippen molar-refractivity contribution in [3.8, 4) is 0 Å². The molecule has 0 saturated carbocycles. The van der Waals surface area contributed by atoms with Gasteiger partial charge in [-0.1, -0.05) is 23.7 Å². The summed E-state index contributed by atoms with van der Waals surface area (Å²) in [4.78, 5) is 1.07. The van der Waals surface area contributed by atoms with Gasteiger partial charge in [0.05, 0.1) is 16.4 Å². The second-order valence-electron chi connectivity index (χ2n) is 3.80. The average molecular weight is 268 g/mol. The highest BCUT2D eigenvalue weighted by Gasteiger charge is 2.11. The van der Waals surface area contributed by atoms with Crippen LogP contribution in [0.4, 0.5) is 5.69 Å². The van der Waals surface area contributed by atoms with Gasteiger partial charge in [0.1, 0.15) is 0 Å². The SMILES string of the molecule is Cc1nn(C)c(CSc2ccccc2N)c1Cl. The van der Waals surface area contributed by atoms with Gasteiger partial charge in [0, 0.05) is 23.4 Å². The molecule has 0 saturated heterocycles. The standard InChI is InChI=1S/C12H14ClN3S/c1-8-12(13)10(16(2)15-8)7-17-11-6-4-3-5-9(11)14/h3-6H,7,14H2,1-2H3. The van der Waals surface area contributed by atoms with Crippen LogP contribution in [0.15, 0.2) is 29.2 Å². The van der Waals surface area contributed by atoms with Crippen LogP contribution < -0.4 is 5.73 Å². The van der Waals surface area contributed by atoms with Gasteiger partial charge in [-0.2, -0.15) is 5.10 Å². The van der Waals surface area contributed by atoms with Gasteiger partial charge >= 0.3 is 0 Å². The Balaban J connectivity index is 2.15. The number of halogens is 1. The minimum absolute atomic E-state index is 0.745. The Labute approximate surface area is 110 Å². The van der Waals surface area contributed by atoms with E-state index in [-0.39, 0.29) is 0 Å². The van der Waals surface area contributed by atoms with Gasteiger partial charge in [-0.25, -0.2) is 0 Å². The van der Waals surface area contributed by atoms with Crippen LogP contribution in [-0.4, -0.2) is 9.78 Å². The molecule has 3 nitrogen and oxygen atoms in total. The fourth-order valence-electron chi connectivity index (χ4n) is 1.59. The van der Waals surface area contributed by atoms with Crippen molar-refractivity contribution in [2.45, 2.75) is 17.6 Å². The van der Waals surface area contributed by atoms with E-state index >= 15 is 0 Å². The van der Waals surface area contributed by atoms with E-state index in [1.165, 1.54) is 0 Å². The molecule has 0 unspecified atom stereocenters. The van der Waals surface area contributed by atoms with Crippen molar-refractivity contribution in [3.63, 3.8) is 0 Å².